The highest BCUT2D eigenvalue weighted by atomic mass is 32.2. The molecule has 54 heavy (non-hydrogen) atoms. The van der Waals surface area contributed by atoms with Crippen LogP contribution in [0.15, 0.2) is 204 Å². The van der Waals surface area contributed by atoms with E-state index < -0.39 is 0 Å². The van der Waals surface area contributed by atoms with Crippen molar-refractivity contribution in [2.45, 2.75) is 15.2 Å². The molecule has 2 aliphatic rings. The molecule has 3 heteroatoms. The van der Waals surface area contributed by atoms with Gasteiger partial charge in [-0.1, -0.05) is 182 Å². The van der Waals surface area contributed by atoms with Gasteiger partial charge in [-0.25, -0.2) is 9.97 Å². The molecule has 0 radical (unpaired) electrons. The van der Waals surface area contributed by atoms with Gasteiger partial charge in [-0.2, -0.15) is 0 Å². The molecule has 0 fully saturated rings. The van der Waals surface area contributed by atoms with Crippen LogP contribution in [-0.2, 0) is 5.41 Å². The first kappa shape index (κ1) is 31.0. The van der Waals surface area contributed by atoms with Crippen LogP contribution >= 0.6 is 11.8 Å². The second-order valence-corrected chi connectivity index (χ2v) is 15.2. The van der Waals surface area contributed by atoms with Crippen LogP contribution in [-0.4, -0.2) is 9.97 Å². The average Bonchev–Trinajstić information content (AvgIpc) is 3.54. The van der Waals surface area contributed by atoms with Crippen molar-refractivity contribution in [3.63, 3.8) is 0 Å². The highest BCUT2D eigenvalue weighted by molar-refractivity contribution is 7.99. The summed E-state index contributed by atoms with van der Waals surface area (Å²) in [5.41, 5.74) is 15.0. The maximum Gasteiger partial charge on any atom is 0.160 e. The number of benzene rings is 8. The van der Waals surface area contributed by atoms with Crippen molar-refractivity contribution in [1.82, 2.24) is 9.97 Å². The number of hydrogen-bond donors (Lipinski definition) is 0. The fourth-order valence-corrected chi connectivity index (χ4v) is 9.91. The van der Waals surface area contributed by atoms with Gasteiger partial charge in [-0.3, -0.25) is 0 Å². The molecule has 1 aliphatic carbocycles. The molecule has 252 valence electrons. The van der Waals surface area contributed by atoms with Crippen LogP contribution in [0.1, 0.15) is 22.3 Å². The molecule has 2 nitrogen and oxygen atoms in total. The highest BCUT2D eigenvalue weighted by Crippen LogP contribution is 2.62. The van der Waals surface area contributed by atoms with E-state index in [9.17, 15) is 0 Å². The SMILES string of the molecule is c1ccc(-c2nc(-c3ccc(-c4ccc5c(c4)Sc4ccccc4C54c5ccccc5-c5ccccc54)cc3)cc(-c3ccc4ccccc4c3)n2)cc1. The van der Waals surface area contributed by atoms with E-state index in [1.54, 1.807) is 0 Å². The Morgan fingerprint density at radius 1 is 0.333 bits per heavy atom. The molecule has 9 aromatic rings. The summed E-state index contributed by atoms with van der Waals surface area (Å²) < 4.78 is 0. The van der Waals surface area contributed by atoms with Gasteiger partial charge in [-0.15, -0.1) is 0 Å². The van der Waals surface area contributed by atoms with Gasteiger partial charge < -0.3 is 0 Å². The van der Waals surface area contributed by atoms with Gasteiger partial charge in [-0.05, 0) is 79.5 Å². The van der Waals surface area contributed by atoms with Crippen molar-refractivity contribution >= 4 is 22.5 Å². The van der Waals surface area contributed by atoms with Crippen LogP contribution in [0.4, 0.5) is 0 Å². The second kappa shape index (κ2) is 12.3. The van der Waals surface area contributed by atoms with Crippen LogP contribution in [0, 0.1) is 0 Å². The van der Waals surface area contributed by atoms with E-state index in [1.165, 1.54) is 65.1 Å². The maximum atomic E-state index is 5.11. The van der Waals surface area contributed by atoms with Gasteiger partial charge in [0, 0.05) is 26.5 Å². The lowest BCUT2D eigenvalue weighted by Crippen LogP contribution is -2.31. The number of fused-ring (bicyclic) bond motifs is 10. The minimum absolute atomic E-state index is 0.362. The Morgan fingerprint density at radius 3 is 1.65 bits per heavy atom. The first-order valence-electron chi connectivity index (χ1n) is 18.4. The van der Waals surface area contributed by atoms with Crippen LogP contribution in [0.3, 0.4) is 0 Å². The summed E-state index contributed by atoms with van der Waals surface area (Å²) in [5, 5.41) is 2.41. The molecule has 0 N–H and O–H groups in total. The number of hydrogen-bond acceptors (Lipinski definition) is 3. The van der Waals surface area contributed by atoms with Crippen molar-refractivity contribution < 1.29 is 0 Å². The number of rotatable bonds is 4. The first-order chi connectivity index (χ1) is 26.7. The lowest BCUT2D eigenvalue weighted by atomic mass is 9.67. The Morgan fingerprint density at radius 2 is 0.889 bits per heavy atom. The zero-order chi connectivity index (χ0) is 35.6. The smallest absolute Gasteiger partial charge is 0.160 e. The van der Waals surface area contributed by atoms with E-state index in [1.807, 2.05) is 30.0 Å². The molecule has 0 amide bonds. The Balaban J connectivity index is 1.01. The second-order valence-electron chi connectivity index (χ2n) is 14.1. The van der Waals surface area contributed by atoms with Gasteiger partial charge in [0.15, 0.2) is 5.82 Å². The van der Waals surface area contributed by atoms with Crippen molar-refractivity contribution in [3.05, 3.63) is 216 Å². The summed E-state index contributed by atoms with van der Waals surface area (Å²) >= 11 is 1.88. The Labute approximate surface area is 318 Å². The summed E-state index contributed by atoms with van der Waals surface area (Å²) in [4.78, 5) is 12.8. The minimum Gasteiger partial charge on any atom is -0.228 e. The Kier molecular flexibility index (Phi) is 7.05. The van der Waals surface area contributed by atoms with Crippen molar-refractivity contribution in [3.8, 4) is 56.2 Å². The zero-order valence-corrected chi connectivity index (χ0v) is 30.1. The Bertz CT molecular complexity index is 2870. The van der Waals surface area contributed by atoms with Crippen LogP contribution in [0.25, 0.3) is 66.9 Å². The van der Waals surface area contributed by atoms with Crippen molar-refractivity contribution in [2.24, 2.45) is 0 Å². The summed E-state index contributed by atoms with van der Waals surface area (Å²) in [5.74, 6) is 0.719. The largest absolute Gasteiger partial charge is 0.228 e. The molecular formula is C51H32N2S. The van der Waals surface area contributed by atoms with E-state index in [4.69, 9.17) is 9.97 Å². The summed E-state index contributed by atoms with van der Waals surface area (Å²) in [6.07, 6.45) is 0. The third kappa shape index (κ3) is 4.75. The van der Waals surface area contributed by atoms with Gasteiger partial charge in [0.25, 0.3) is 0 Å². The molecule has 0 saturated heterocycles. The first-order valence-corrected chi connectivity index (χ1v) is 19.2. The predicted molar refractivity (Wildman–Crippen MR) is 223 cm³/mol. The molecule has 1 aliphatic heterocycles. The van der Waals surface area contributed by atoms with Crippen molar-refractivity contribution in [2.75, 3.05) is 0 Å². The normalized spacial score (nSPS) is 13.3. The van der Waals surface area contributed by atoms with Gasteiger partial charge >= 0.3 is 0 Å². The summed E-state index contributed by atoms with van der Waals surface area (Å²) in [6.45, 7) is 0. The minimum atomic E-state index is -0.362. The van der Waals surface area contributed by atoms with Gasteiger partial charge in [0.2, 0.25) is 0 Å². The van der Waals surface area contributed by atoms with Crippen LogP contribution < -0.4 is 0 Å². The number of aromatic nitrogens is 2. The Hall–Kier alpha value is -6.55. The van der Waals surface area contributed by atoms with Crippen LogP contribution in [0.5, 0.6) is 0 Å². The standard InChI is InChI=1S/C51H32N2S/c1-2-13-36(14-3-1)50-52-46(32-47(53-50)39-27-24-33-12-4-5-15-37(33)30-39)35-25-22-34(23-26-35)38-28-29-45-49(31-38)54-48-21-11-10-20-44(48)51(45)42-18-8-6-16-40(42)41-17-7-9-19-43(41)51/h1-32H. The molecule has 2 heterocycles. The van der Waals surface area contributed by atoms with E-state index in [0.717, 1.165) is 33.9 Å². The average molecular weight is 705 g/mol. The molecule has 8 aromatic carbocycles. The zero-order valence-electron chi connectivity index (χ0n) is 29.3. The quantitative estimate of drug-likeness (QED) is 0.182. The molecular weight excluding hydrogens is 673 g/mol. The van der Waals surface area contributed by atoms with E-state index in [2.05, 4.69) is 176 Å². The van der Waals surface area contributed by atoms with Gasteiger partial charge in [0.1, 0.15) is 0 Å². The predicted octanol–water partition coefficient (Wildman–Crippen LogP) is 13.1. The third-order valence-corrected chi connectivity index (χ3v) is 12.3. The monoisotopic (exact) mass is 704 g/mol. The molecule has 0 saturated carbocycles. The third-order valence-electron chi connectivity index (χ3n) is 11.2. The molecule has 1 spiro atoms. The van der Waals surface area contributed by atoms with E-state index in [0.29, 0.717) is 0 Å². The molecule has 1 aromatic heterocycles. The lowest BCUT2D eigenvalue weighted by molar-refractivity contribution is 0.722. The molecule has 0 atom stereocenters. The van der Waals surface area contributed by atoms with E-state index >= 15 is 0 Å². The molecule has 11 rings (SSSR count). The van der Waals surface area contributed by atoms with E-state index in [-0.39, 0.29) is 5.41 Å². The fraction of sp³-hybridized carbons (Fsp3) is 0.0196. The highest BCUT2D eigenvalue weighted by Gasteiger charge is 2.49. The lowest BCUT2D eigenvalue weighted by Gasteiger charge is -2.39. The molecule has 0 bridgehead atoms. The fourth-order valence-electron chi connectivity index (χ4n) is 8.68. The van der Waals surface area contributed by atoms with Crippen LogP contribution in [0.2, 0.25) is 0 Å². The number of nitrogens with zero attached hydrogens (tertiary/aromatic N) is 2. The maximum absolute atomic E-state index is 5.11. The molecule has 0 unspecified atom stereocenters. The summed E-state index contributed by atoms with van der Waals surface area (Å²) in [7, 11) is 0. The topological polar surface area (TPSA) is 25.8 Å². The summed E-state index contributed by atoms with van der Waals surface area (Å²) in [6, 6.07) is 70.3. The van der Waals surface area contributed by atoms with Gasteiger partial charge in [0.05, 0.1) is 16.8 Å². The van der Waals surface area contributed by atoms with Crippen molar-refractivity contribution in [1.29, 1.82) is 0 Å².